The fourth-order valence-electron chi connectivity index (χ4n) is 1.18. The molecule has 0 atom stereocenters. The van der Waals surface area contributed by atoms with Gasteiger partial charge in [-0.05, 0) is 0 Å². The van der Waals surface area contributed by atoms with E-state index in [1.807, 2.05) is 0 Å². The van der Waals surface area contributed by atoms with Crippen LogP contribution in [0.25, 0.3) is 0 Å². The predicted molar refractivity (Wildman–Crippen MR) is 60.0 cm³/mol. The van der Waals surface area contributed by atoms with E-state index in [0.29, 0.717) is 22.9 Å². The molecule has 1 aromatic carbocycles. The maximum absolute atomic E-state index is 11.1. The first kappa shape index (κ1) is 12.0. The van der Waals surface area contributed by atoms with Crippen molar-refractivity contribution in [1.82, 2.24) is 0 Å². The second-order valence-corrected chi connectivity index (χ2v) is 2.91. The van der Waals surface area contributed by atoms with Gasteiger partial charge in [0.2, 0.25) is 0 Å². The van der Waals surface area contributed by atoms with Gasteiger partial charge in [-0.25, -0.2) is 4.79 Å². The summed E-state index contributed by atoms with van der Waals surface area (Å²) in [4.78, 5) is 11.1. The molecule has 0 unspecified atom stereocenters. The smallest absolute Gasteiger partial charge is 0.411 e. The summed E-state index contributed by atoms with van der Waals surface area (Å²) in [5, 5.41) is 2.49. The van der Waals surface area contributed by atoms with Gasteiger partial charge in [0, 0.05) is 12.1 Å². The van der Waals surface area contributed by atoms with Gasteiger partial charge in [-0.1, -0.05) is 0 Å². The number of nitrogens with one attached hydrogen (secondary N) is 1. The van der Waals surface area contributed by atoms with Gasteiger partial charge in [-0.2, -0.15) is 0 Å². The zero-order valence-electron chi connectivity index (χ0n) is 9.37. The largest absolute Gasteiger partial charge is 0.495 e. The van der Waals surface area contributed by atoms with Crippen LogP contribution in [0.3, 0.4) is 0 Å². The molecule has 0 bridgehead atoms. The van der Waals surface area contributed by atoms with E-state index < -0.39 is 6.09 Å². The normalized spacial score (nSPS) is 9.44. The third kappa shape index (κ3) is 2.47. The molecule has 0 fully saturated rings. The van der Waals surface area contributed by atoms with Crippen LogP contribution in [0, 0.1) is 0 Å². The van der Waals surface area contributed by atoms with Crippen LogP contribution in [-0.4, -0.2) is 27.4 Å². The molecule has 0 radical (unpaired) electrons. The van der Waals surface area contributed by atoms with Crippen LogP contribution >= 0.6 is 0 Å². The quantitative estimate of drug-likeness (QED) is 0.762. The Morgan fingerprint density at radius 2 is 1.81 bits per heavy atom. The first-order chi connectivity index (χ1) is 7.62. The average Bonchev–Trinajstić information content (AvgIpc) is 2.30. The first-order valence-corrected chi connectivity index (χ1v) is 4.48. The summed E-state index contributed by atoms with van der Waals surface area (Å²) < 4.78 is 14.6. The van der Waals surface area contributed by atoms with E-state index in [9.17, 15) is 4.79 Å². The van der Waals surface area contributed by atoms with Crippen molar-refractivity contribution < 1.29 is 19.0 Å². The van der Waals surface area contributed by atoms with Crippen LogP contribution in [0.5, 0.6) is 11.5 Å². The van der Waals surface area contributed by atoms with Crippen LogP contribution in [0.1, 0.15) is 0 Å². The summed E-state index contributed by atoms with van der Waals surface area (Å²) in [5.41, 5.74) is 6.55. The van der Waals surface area contributed by atoms with E-state index >= 15 is 0 Å². The van der Waals surface area contributed by atoms with Gasteiger partial charge in [0.05, 0.1) is 32.7 Å². The number of anilines is 2. The summed E-state index contributed by atoms with van der Waals surface area (Å²) in [7, 11) is 4.24. The molecule has 1 rings (SSSR count). The maximum atomic E-state index is 11.1. The Balaban J connectivity index is 3.09. The molecule has 0 aliphatic rings. The van der Waals surface area contributed by atoms with Crippen molar-refractivity contribution in [3.63, 3.8) is 0 Å². The molecule has 1 amide bonds. The Bertz CT molecular complexity index is 393. The van der Waals surface area contributed by atoms with E-state index in [2.05, 4.69) is 10.1 Å². The number of benzene rings is 1. The van der Waals surface area contributed by atoms with Gasteiger partial charge in [-0.15, -0.1) is 0 Å². The van der Waals surface area contributed by atoms with E-state index in [1.54, 1.807) is 12.1 Å². The van der Waals surface area contributed by atoms with Crippen molar-refractivity contribution in [2.45, 2.75) is 0 Å². The molecule has 3 N–H and O–H groups in total. The number of amides is 1. The van der Waals surface area contributed by atoms with Crippen molar-refractivity contribution in [3.05, 3.63) is 12.1 Å². The standard InChI is InChI=1S/C10H14N2O4/c1-14-8-5-7(12-10(13)16-3)9(15-2)4-6(8)11/h4-5H,11H2,1-3H3,(H,12,13). The minimum absolute atomic E-state index is 0.426. The highest BCUT2D eigenvalue weighted by Crippen LogP contribution is 2.34. The monoisotopic (exact) mass is 226 g/mol. The minimum atomic E-state index is -0.592. The second kappa shape index (κ2) is 5.11. The summed E-state index contributed by atoms with van der Waals surface area (Å²) in [5.74, 6) is 0.885. The lowest BCUT2D eigenvalue weighted by Gasteiger charge is -2.12. The van der Waals surface area contributed by atoms with Gasteiger partial charge in [0.15, 0.2) is 0 Å². The number of methoxy groups -OCH3 is 3. The molecule has 0 saturated carbocycles. The molecule has 0 heterocycles. The molecule has 0 saturated heterocycles. The Kier molecular flexibility index (Phi) is 3.82. The zero-order valence-corrected chi connectivity index (χ0v) is 9.37. The Morgan fingerprint density at radius 1 is 1.19 bits per heavy atom. The van der Waals surface area contributed by atoms with Crippen LogP contribution in [-0.2, 0) is 4.74 Å². The number of nitrogens with two attached hydrogens (primary N) is 1. The van der Waals surface area contributed by atoms with Crippen LogP contribution in [0.2, 0.25) is 0 Å². The van der Waals surface area contributed by atoms with Gasteiger partial charge in [-0.3, -0.25) is 5.32 Å². The van der Waals surface area contributed by atoms with Crippen LogP contribution in [0.4, 0.5) is 16.2 Å². The van der Waals surface area contributed by atoms with Crippen LogP contribution < -0.4 is 20.5 Å². The lowest BCUT2D eigenvalue weighted by atomic mass is 10.2. The minimum Gasteiger partial charge on any atom is -0.495 e. The molecule has 6 heteroatoms. The molecular weight excluding hydrogens is 212 g/mol. The van der Waals surface area contributed by atoms with Gasteiger partial charge < -0.3 is 19.9 Å². The third-order valence-corrected chi connectivity index (χ3v) is 1.97. The lowest BCUT2D eigenvalue weighted by molar-refractivity contribution is 0.187. The summed E-state index contributed by atoms with van der Waals surface area (Å²) in [6.45, 7) is 0. The van der Waals surface area contributed by atoms with E-state index in [4.69, 9.17) is 15.2 Å². The van der Waals surface area contributed by atoms with Crippen molar-refractivity contribution in [2.75, 3.05) is 32.4 Å². The molecule has 0 aliphatic heterocycles. The van der Waals surface area contributed by atoms with Crippen molar-refractivity contribution in [2.24, 2.45) is 0 Å². The highest BCUT2D eigenvalue weighted by atomic mass is 16.5. The SMILES string of the molecule is COC(=O)Nc1cc(OC)c(N)cc1OC. The topological polar surface area (TPSA) is 82.8 Å². The fraction of sp³-hybridized carbons (Fsp3) is 0.300. The van der Waals surface area contributed by atoms with Gasteiger partial charge in [0.25, 0.3) is 0 Å². The Morgan fingerprint density at radius 3 is 2.31 bits per heavy atom. The zero-order chi connectivity index (χ0) is 12.1. The van der Waals surface area contributed by atoms with E-state index in [-0.39, 0.29) is 0 Å². The van der Waals surface area contributed by atoms with Gasteiger partial charge in [0.1, 0.15) is 11.5 Å². The second-order valence-electron chi connectivity index (χ2n) is 2.91. The highest BCUT2D eigenvalue weighted by Gasteiger charge is 2.11. The van der Waals surface area contributed by atoms with E-state index in [0.717, 1.165) is 0 Å². The van der Waals surface area contributed by atoms with Crippen LogP contribution in [0.15, 0.2) is 12.1 Å². The summed E-state index contributed by atoms with van der Waals surface area (Å²) in [6.07, 6.45) is -0.592. The lowest BCUT2D eigenvalue weighted by Crippen LogP contribution is -2.12. The number of carbonyl (C=O) groups excluding carboxylic acids is 1. The number of carbonyl (C=O) groups is 1. The molecule has 88 valence electrons. The molecule has 1 aromatic rings. The van der Waals surface area contributed by atoms with Gasteiger partial charge >= 0.3 is 6.09 Å². The molecule has 6 nitrogen and oxygen atoms in total. The summed E-state index contributed by atoms with van der Waals surface area (Å²) >= 11 is 0. The number of hydrogen-bond donors (Lipinski definition) is 2. The number of nitrogen functional groups attached to an aromatic ring is 1. The third-order valence-electron chi connectivity index (χ3n) is 1.97. The molecule has 0 aliphatic carbocycles. The van der Waals surface area contributed by atoms with Crippen molar-refractivity contribution in [1.29, 1.82) is 0 Å². The first-order valence-electron chi connectivity index (χ1n) is 4.48. The Labute approximate surface area is 93.3 Å². The number of hydrogen-bond acceptors (Lipinski definition) is 5. The van der Waals surface area contributed by atoms with E-state index in [1.165, 1.54) is 21.3 Å². The number of rotatable bonds is 3. The molecule has 16 heavy (non-hydrogen) atoms. The number of ether oxygens (including phenoxy) is 3. The molecule has 0 spiro atoms. The van der Waals surface area contributed by atoms with Crippen molar-refractivity contribution >= 4 is 17.5 Å². The summed E-state index contributed by atoms with van der Waals surface area (Å²) in [6, 6.07) is 3.12. The average molecular weight is 226 g/mol. The highest BCUT2D eigenvalue weighted by molar-refractivity contribution is 5.88. The van der Waals surface area contributed by atoms with Crippen molar-refractivity contribution in [3.8, 4) is 11.5 Å². The maximum Gasteiger partial charge on any atom is 0.411 e. The fourth-order valence-corrected chi connectivity index (χ4v) is 1.18. The predicted octanol–water partition coefficient (Wildman–Crippen LogP) is 1.46. The Hall–Kier alpha value is -2.11. The molecule has 0 aromatic heterocycles. The molecular formula is C10H14N2O4.